The average molecular weight is 738 g/mol. The Hall–Kier alpha value is -2.13. The number of hydrogen-bond donors (Lipinski definition) is 2. The third-order valence-electron chi connectivity index (χ3n) is 4.46. The molecule has 8 nitrogen and oxygen atoms in total. The van der Waals surface area contributed by atoms with Gasteiger partial charge in [0.25, 0.3) is 0 Å². The summed E-state index contributed by atoms with van der Waals surface area (Å²) in [5, 5.41) is 16.7. The Balaban J connectivity index is 0.000000202. The zero-order chi connectivity index (χ0) is 26.7. The Morgan fingerprint density at radius 1 is 0.722 bits per heavy atom. The summed E-state index contributed by atoms with van der Waals surface area (Å²) in [4.78, 5) is 0. The Kier molecular flexibility index (Phi) is 12.7. The zero-order valence-corrected chi connectivity index (χ0v) is 25.2. The van der Waals surface area contributed by atoms with Crippen LogP contribution in [0.1, 0.15) is 0 Å². The summed E-state index contributed by atoms with van der Waals surface area (Å²) in [6.45, 7) is 0. The summed E-state index contributed by atoms with van der Waals surface area (Å²) < 4.78 is 33.5. The molecular weight excluding hydrogens is 714 g/mol. The Morgan fingerprint density at radius 2 is 1.17 bits per heavy atom. The molecule has 0 unspecified atom stereocenters. The van der Waals surface area contributed by atoms with E-state index in [4.69, 9.17) is 33.4 Å². The van der Waals surface area contributed by atoms with E-state index in [-0.39, 0.29) is 5.66 Å². The SMILES string of the molecule is COc1cc(-c2ccco2)cc(OC)c1Br.COc1cc(I)cc(OC)c1Br.OB(O)c1ccco1. The molecule has 2 aromatic carbocycles. The van der Waals surface area contributed by atoms with Gasteiger partial charge in [-0.3, -0.25) is 0 Å². The lowest BCUT2D eigenvalue weighted by atomic mass is 9.88. The second-order valence-electron chi connectivity index (χ2n) is 6.69. The van der Waals surface area contributed by atoms with Crippen LogP contribution in [0.25, 0.3) is 11.3 Å². The minimum atomic E-state index is -1.48. The van der Waals surface area contributed by atoms with Crippen molar-refractivity contribution in [1.82, 2.24) is 0 Å². The van der Waals surface area contributed by atoms with Gasteiger partial charge in [-0.2, -0.15) is 0 Å². The molecule has 0 aliphatic rings. The molecule has 0 spiro atoms. The first-order chi connectivity index (χ1) is 17.2. The fraction of sp³-hybridized carbons (Fsp3) is 0.167. The van der Waals surface area contributed by atoms with Gasteiger partial charge in [-0.15, -0.1) is 0 Å². The van der Waals surface area contributed by atoms with E-state index in [1.807, 2.05) is 36.4 Å². The minimum Gasteiger partial charge on any atom is -0.495 e. The lowest BCUT2D eigenvalue weighted by Crippen LogP contribution is -2.27. The van der Waals surface area contributed by atoms with Crippen LogP contribution in [0.2, 0.25) is 0 Å². The first kappa shape index (κ1) is 30.1. The van der Waals surface area contributed by atoms with E-state index < -0.39 is 7.12 Å². The summed E-state index contributed by atoms with van der Waals surface area (Å²) in [7, 11) is 5.02. The molecule has 4 aromatic rings. The quantitative estimate of drug-likeness (QED) is 0.191. The zero-order valence-electron chi connectivity index (χ0n) is 19.8. The van der Waals surface area contributed by atoms with Gasteiger partial charge in [0.1, 0.15) is 43.4 Å². The lowest BCUT2D eigenvalue weighted by molar-refractivity contribution is 0.389. The Morgan fingerprint density at radius 3 is 1.50 bits per heavy atom. The molecule has 0 amide bonds. The standard InChI is InChI=1S/C12H11BrO3.C8H8BrIO2.C4H5BO3/c1-14-10-6-8(9-4-3-5-16-9)7-11(15-2)12(10)13;1-11-6-3-5(10)4-7(12-2)8(6)9;6-5(7)4-2-1-3-8-4/h3-7H,1-2H3;3-4H,1-2H3;1-3,6-7H. The van der Waals surface area contributed by atoms with Crippen LogP contribution in [0, 0.1) is 3.57 Å². The summed E-state index contributed by atoms with van der Waals surface area (Å²) in [5.74, 6) is 3.79. The molecule has 0 fully saturated rings. The van der Waals surface area contributed by atoms with Crippen LogP contribution >= 0.6 is 54.5 Å². The van der Waals surface area contributed by atoms with Gasteiger partial charge < -0.3 is 37.8 Å². The van der Waals surface area contributed by atoms with Gasteiger partial charge in [-0.1, -0.05) is 0 Å². The Bertz CT molecular complexity index is 1150. The lowest BCUT2D eigenvalue weighted by Gasteiger charge is -2.10. The van der Waals surface area contributed by atoms with Gasteiger partial charge in [-0.25, -0.2) is 0 Å². The number of rotatable bonds is 6. The molecule has 2 heterocycles. The summed E-state index contributed by atoms with van der Waals surface area (Å²) in [6, 6.07) is 14.5. The maximum Gasteiger partial charge on any atom is 0.526 e. The van der Waals surface area contributed by atoms with Crippen LogP contribution in [0.5, 0.6) is 23.0 Å². The molecular formula is C24H24BBr2IO8. The second kappa shape index (κ2) is 15.2. The highest BCUT2D eigenvalue weighted by atomic mass is 127. The molecule has 0 saturated carbocycles. The summed E-state index contributed by atoms with van der Waals surface area (Å²) in [6.07, 6.45) is 3.02. The normalized spacial score (nSPS) is 9.81. The van der Waals surface area contributed by atoms with E-state index in [1.165, 1.54) is 12.3 Å². The molecule has 0 radical (unpaired) electrons. The molecule has 2 N–H and O–H groups in total. The summed E-state index contributed by atoms with van der Waals surface area (Å²) >= 11 is 9.01. The van der Waals surface area contributed by atoms with Gasteiger partial charge in [0.15, 0.2) is 0 Å². The van der Waals surface area contributed by atoms with Crippen molar-refractivity contribution in [3.05, 3.63) is 73.6 Å². The van der Waals surface area contributed by atoms with E-state index in [2.05, 4.69) is 58.9 Å². The monoisotopic (exact) mass is 736 g/mol. The Labute approximate surface area is 240 Å². The van der Waals surface area contributed by atoms with Crippen LogP contribution in [-0.4, -0.2) is 45.6 Å². The van der Waals surface area contributed by atoms with Crippen molar-refractivity contribution < 1.29 is 37.8 Å². The predicted molar refractivity (Wildman–Crippen MR) is 153 cm³/mol. The molecule has 0 atom stereocenters. The maximum absolute atomic E-state index is 8.37. The fourth-order valence-corrected chi connectivity index (χ4v) is 4.40. The molecule has 192 valence electrons. The van der Waals surface area contributed by atoms with Gasteiger partial charge in [0.05, 0.1) is 41.0 Å². The number of hydrogen-bond acceptors (Lipinski definition) is 8. The van der Waals surface area contributed by atoms with Crippen molar-refractivity contribution in [1.29, 1.82) is 0 Å². The van der Waals surface area contributed by atoms with Crippen LogP contribution in [-0.2, 0) is 0 Å². The van der Waals surface area contributed by atoms with E-state index in [0.29, 0.717) is 11.5 Å². The topological polar surface area (TPSA) is 104 Å². The third kappa shape index (κ3) is 8.48. The van der Waals surface area contributed by atoms with Gasteiger partial charge in [0, 0.05) is 9.13 Å². The van der Waals surface area contributed by atoms with E-state index in [1.54, 1.807) is 40.8 Å². The van der Waals surface area contributed by atoms with Gasteiger partial charge >= 0.3 is 7.12 Å². The van der Waals surface area contributed by atoms with Gasteiger partial charge in [-0.05, 0) is 103 Å². The highest BCUT2D eigenvalue weighted by molar-refractivity contribution is 14.1. The van der Waals surface area contributed by atoms with Crippen molar-refractivity contribution in [3.8, 4) is 34.3 Å². The van der Waals surface area contributed by atoms with Crippen molar-refractivity contribution in [2.45, 2.75) is 0 Å². The fourth-order valence-electron chi connectivity index (χ4n) is 2.73. The first-order valence-corrected chi connectivity index (χ1v) is 12.8. The smallest absolute Gasteiger partial charge is 0.495 e. The first-order valence-electron chi connectivity index (χ1n) is 10.2. The largest absolute Gasteiger partial charge is 0.526 e. The average Bonchev–Trinajstić information content (AvgIpc) is 3.61. The van der Waals surface area contributed by atoms with E-state index >= 15 is 0 Å². The van der Waals surface area contributed by atoms with Crippen molar-refractivity contribution in [2.75, 3.05) is 28.4 Å². The van der Waals surface area contributed by atoms with Gasteiger partial charge in [0.2, 0.25) is 0 Å². The molecule has 0 aliphatic carbocycles. The number of benzene rings is 2. The number of halogens is 3. The molecule has 2 aromatic heterocycles. The number of furan rings is 2. The molecule has 36 heavy (non-hydrogen) atoms. The molecule has 0 bridgehead atoms. The molecule has 0 aliphatic heterocycles. The van der Waals surface area contributed by atoms with Crippen molar-refractivity contribution >= 4 is 67.2 Å². The van der Waals surface area contributed by atoms with Crippen LogP contribution in [0.15, 0.2) is 78.8 Å². The minimum absolute atomic E-state index is 0.171. The highest BCUT2D eigenvalue weighted by Gasteiger charge is 2.13. The molecule has 0 saturated heterocycles. The molecule has 12 heteroatoms. The second-order valence-corrected chi connectivity index (χ2v) is 9.52. The van der Waals surface area contributed by atoms with Crippen molar-refractivity contribution in [3.63, 3.8) is 0 Å². The summed E-state index contributed by atoms with van der Waals surface area (Å²) in [5.41, 5.74) is 1.09. The maximum atomic E-state index is 8.37. The molecule has 4 rings (SSSR count). The number of ether oxygens (including phenoxy) is 4. The highest BCUT2D eigenvalue weighted by Crippen LogP contribution is 2.39. The van der Waals surface area contributed by atoms with Crippen LogP contribution in [0.4, 0.5) is 0 Å². The third-order valence-corrected chi connectivity index (χ3v) is 6.65. The number of methoxy groups -OCH3 is 4. The van der Waals surface area contributed by atoms with Crippen LogP contribution in [0.3, 0.4) is 0 Å². The van der Waals surface area contributed by atoms with E-state index in [0.717, 1.165) is 35.3 Å². The van der Waals surface area contributed by atoms with Crippen LogP contribution < -0.4 is 24.6 Å². The predicted octanol–water partition coefficient (Wildman–Crippen LogP) is 5.76. The van der Waals surface area contributed by atoms with E-state index in [9.17, 15) is 0 Å². The van der Waals surface area contributed by atoms with Crippen molar-refractivity contribution in [2.24, 2.45) is 0 Å².